The second-order valence-corrected chi connectivity index (χ2v) is 9.23. The summed E-state index contributed by atoms with van der Waals surface area (Å²) in [6.07, 6.45) is -3.91. The van der Waals surface area contributed by atoms with Crippen LogP contribution in [0.25, 0.3) is 22.3 Å². The maximum atomic E-state index is 13.1. The zero-order valence-electron chi connectivity index (χ0n) is 19.4. The van der Waals surface area contributed by atoms with Crippen LogP contribution >= 0.6 is 0 Å². The molecule has 35 heavy (non-hydrogen) atoms. The number of hydrogen-bond donors (Lipinski definition) is 2. The number of ether oxygens (including phenoxy) is 1. The van der Waals surface area contributed by atoms with Crippen LogP contribution in [0, 0.1) is 6.92 Å². The van der Waals surface area contributed by atoms with Gasteiger partial charge in [-0.15, -0.1) is 0 Å². The third kappa shape index (κ3) is 4.24. The number of halogens is 3. The van der Waals surface area contributed by atoms with Crippen molar-refractivity contribution < 1.29 is 23.0 Å². The Kier molecular flexibility index (Phi) is 5.34. The summed E-state index contributed by atoms with van der Waals surface area (Å²) in [6.45, 7) is 6.94. The number of aromatic nitrogens is 4. The molecule has 1 aliphatic heterocycles. The number of fused-ring (bicyclic) bond motifs is 3. The quantitative estimate of drug-likeness (QED) is 0.400. The zero-order valence-corrected chi connectivity index (χ0v) is 19.4. The van der Waals surface area contributed by atoms with Crippen molar-refractivity contribution >= 4 is 17.0 Å². The molecule has 0 atom stereocenters. The minimum Gasteiger partial charge on any atom is -0.507 e. The lowest BCUT2D eigenvalue weighted by Gasteiger charge is -2.18. The van der Waals surface area contributed by atoms with Gasteiger partial charge in [0.1, 0.15) is 18.2 Å². The van der Waals surface area contributed by atoms with Gasteiger partial charge in [0.15, 0.2) is 17.0 Å². The third-order valence-electron chi connectivity index (χ3n) is 6.02. The standard InChI is InChI=1S/C25H24F3N5O2/c1-14-30-21(20-22(31-14)33-23(32-20)35-13-24(33,2)3)29-10-9-15-7-8-19(34)18(11-15)16-5-4-6-17(12-16)25(26,27)28/h4-8,11-12,34H,9-10,13H2,1-3H3,(H,29,30,31). The van der Waals surface area contributed by atoms with Crippen LogP contribution in [0.1, 0.15) is 30.8 Å². The fourth-order valence-electron chi connectivity index (χ4n) is 4.28. The molecule has 4 aromatic rings. The molecular weight excluding hydrogens is 459 g/mol. The Hall–Kier alpha value is -3.82. The van der Waals surface area contributed by atoms with E-state index in [9.17, 15) is 18.3 Å². The van der Waals surface area contributed by atoms with Crippen molar-refractivity contribution in [3.8, 4) is 22.9 Å². The Morgan fingerprint density at radius 2 is 1.91 bits per heavy atom. The predicted molar refractivity (Wildman–Crippen MR) is 126 cm³/mol. The molecule has 0 radical (unpaired) electrons. The van der Waals surface area contributed by atoms with Gasteiger partial charge in [0.05, 0.1) is 11.1 Å². The van der Waals surface area contributed by atoms with Crippen LogP contribution in [0.3, 0.4) is 0 Å². The van der Waals surface area contributed by atoms with Crippen molar-refractivity contribution in [2.24, 2.45) is 0 Å². The topological polar surface area (TPSA) is 85.1 Å². The number of nitrogens with one attached hydrogen (secondary N) is 1. The van der Waals surface area contributed by atoms with E-state index >= 15 is 0 Å². The van der Waals surface area contributed by atoms with Crippen molar-refractivity contribution in [3.05, 3.63) is 59.4 Å². The average Bonchev–Trinajstić information content (AvgIpc) is 3.31. The Bertz CT molecular complexity index is 1430. The third-order valence-corrected chi connectivity index (χ3v) is 6.02. The minimum absolute atomic E-state index is 0.0793. The molecule has 0 fully saturated rings. The number of aryl methyl sites for hydroxylation is 1. The van der Waals surface area contributed by atoms with E-state index in [2.05, 4.69) is 34.1 Å². The van der Waals surface area contributed by atoms with Gasteiger partial charge in [0.2, 0.25) is 0 Å². The van der Waals surface area contributed by atoms with E-state index < -0.39 is 11.7 Å². The second-order valence-electron chi connectivity index (χ2n) is 9.23. The van der Waals surface area contributed by atoms with Crippen LogP contribution in [0.5, 0.6) is 11.8 Å². The fourth-order valence-corrected chi connectivity index (χ4v) is 4.28. The van der Waals surface area contributed by atoms with E-state index in [4.69, 9.17) is 4.74 Å². The number of hydrogen-bond acceptors (Lipinski definition) is 6. The highest BCUT2D eigenvalue weighted by Crippen LogP contribution is 2.37. The number of alkyl halides is 3. The molecule has 182 valence electrons. The number of phenols is 1. The van der Waals surface area contributed by atoms with Gasteiger partial charge in [-0.05, 0) is 62.6 Å². The van der Waals surface area contributed by atoms with Gasteiger partial charge in [-0.1, -0.05) is 18.2 Å². The number of aromatic hydroxyl groups is 1. The van der Waals surface area contributed by atoms with Gasteiger partial charge >= 0.3 is 6.18 Å². The predicted octanol–water partition coefficient (Wildman–Crippen LogP) is 5.31. The van der Waals surface area contributed by atoms with Gasteiger partial charge in [-0.2, -0.15) is 18.2 Å². The first-order chi connectivity index (χ1) is 16.5. The summed E-state index contributed by atoms with van der Waals surface area (Å²) in [5, 5.41) is 13.6. The van der Waals surface area contributed by atoms with E-state index in [0.717, 1.165) is 17.7 Å². The van der Waals surface area contributed by atoms with E-state index in [1.165, 1.54) is 12.1 Å². The lowest BCUT2D eigenvalue weighted by Crippen LogP contribution is -2.26. The van der Waals surface area contributed by atoms with Crippen molar-refractivity contribution in [1.29, 1.82) is 0 Å². The normalized spacial score (nSPS) is 14.7. The maximum absolute atomic E-state index is 13.1. The summed E-state index contributed by atoms with van der Waals surface area (Å²) >= 11 is 0. The summed E-state index contributed by atoms with van der Waals surface area (Å²) in [4.78, 5) is 13.7. The van der Waals surface area contributed by atoms with Gasteiger partial charge in [0, 0.05) is 12.1 Å². The Balaban J connectivity index is 1.37. The van der Waals surface area contributed by atoms with Gasteiger partial charge < -0.3 is 15.2 Å². The largest absolute Gasteiger partial charge is 0.507 e. The molecule has 0 spiro atoms. The lowest BCUT2D eigenvalue weighted by atomic mass is 9.99. The molecule has 3 heterocycles. The van der Waals surface area contributed by atoms with Crippen LogP contribution in [0.2, 0.25) is 0 Å². The summed E-state index contributed by atoms with van der Waals surface area (Å²) in [6, 6.07) is 10.4. The van der Waals surface area contributed by atoms with Gasteiger partial charge in [-0.25, -0.2) is 9.97 Å². The molecule has 0 amide bonds. The molecule has 2 aromatic carbocycles. The summed E-state index contributed by atoms with van der Waals surface area (Å²) in [7, 11) is 0. The highest BCUT2D eigenvalue weighted by atomic mass is 19.4. The van der Waals surface area contributed by atoms with Crippen LogP contribution in [0.4, 0.5) is 19.0 Å². The molecule has 5 rings (SSSR count). The summed E-state index contributed by atoms with van der Waals surface area (Å²) in [5.41, 5.74) is 1.79. The van der Waals surface area contributed by atoms with E-state index in [1.54, 1.807) is 18.2 Å². The Morgan fingerprint density at radius 3 is 2.69 bits per heavy atom. The average molecular weight is 483 g/mol. The smallest absolute Gasteiger partial charge is 0.416 e. The minimum atomic E-state index is -4.46. The molecule has 7 nitrogen and oxygen atoms in total. The van der Waals surface area contributed by atoms with Crippen molar-refractivity contribution in [2.75, 3.05) is 18.5 Å². The first kappa shape index (κ1) is 22.9. The van der Waals surface area contributed by atoms with Gasteiger partial charge in [0.25, 0.3) is 6.01 Å². The van der Waals surface area contributed by atoms with Crippen LogP contribution < -0.4 is 10.1 Å². The highest BCUT2D eigenvalue weighted by Gasteiger charge is 2.36. The van der Waals surface area contributed by atoms with Gasteiger partial charge in [-0.3, -0.25) is 4.57 Å². The lowest BCUT2D eigenvalue weighted by molar-refractivity contribution is -0.137. The molecular formula is C25H24F3N5O2. The molecule has 0 aliphatic carbocycles. The number of anilines is 1. The summed E-state index contributed by atoms with van der Waals surface area (Å²) < 4.78 is 47.1. The SMILES string of the molecule is Cc1nc(NCCc2ccc(O)c(-c3cccc(C(F)(F)F)c3)c2)c2nc3n(c2n1)C(C)(C)CO3. The number of nitrogens with zero attached hydrogens (tertiary/aromatic N) is 4. The monoisotopic (exact) mass is 483 g/mol. The molecule has 0 bridgehead atoms. The van der Waals surface area contributed by atoms with Crippen molar-refractivity contribution in [1.82, 2.24) is 19.5 Å². The molecule has 10 heteroatoms. The van der Waals surface area contributed by atoms with Crippen molar-refractivity contribution in [3.63, 3.8) is 0 Å². The first-order valence-electron chi connectivity index (χ1n) is 11.2. The number of rotatable bonds is 5. The van der Waals surface area contributed by atoms with Crippen molar-refractivity contribution in [2.45, 2.75) is 38.9 Å². The fraction of sp³-hybridized carbons (Fsp3) is 0.320. The van der Waals surface area contributed by atoms with E-state index in [1.807, 2.05) is 11.5 Å². The summed E-state index contributed by atoms with van der Waals surface area (Å²) in [5.74, 6) is 1.11. The highest BCUT2D eigenvalue weighted by molar-refractivity contribution is 5.84. The molecule has 0 saturated heterocycles. The molecule has 0 unspecified atom stereocenters. The molecule has 2 N–H and O–H groups in total. The maximum Gasteiger partial charge on any atom is 0.416 e. The number of phenolic OH excluding ortho intramolecular Hbond substituents is 1. The first-order valence-corrected chi connectivity index (χ1v) is 11.2. The van der Waals surface area contributed by atoms with Crippen LogP contribution in [0.15, 0.2) is 42.5 Å². The molecule has 1 aliphatic rings. The number of imidazole rings is 1. The molecule has 2 aromatic heterocycles. The molecule has 0 saturated carbocycles. The van der Waals surface area contributed by atoms with E-state index in [0.29, 0.717) is 59.5 Å². The number of benzene rings is 2. The zero-order chi connectivity index (χ0) is 25.0. The van der Waals surface area contributed by atoms with Crippen LogP contribution in [-0.4, -0.2) is 37.8 Å². The van der Waals surface area contributed by atoms with E-state index in [-0.39, 0.29) is 11.3 Å². The Morgan fingerprint density at radius 1 is 1.11 bits per heavy atom. The Labute approximate surface area is 199 Å². The van der Waals surface area contributed by atoms with Crippen LogP contribution in [-0.2, 0) is 18.1 Å². The second kappa shape index (κ2) is 8.14.